The number of pyridine rings is 1. The SMILES string of the molecule is COc1ccc(-c2cc(C(=O)OCc3ccc4c(c3)OCO4)c3ccccc3n2)cc1. The van der Waals surface area contributed by atoms with E-state index >= 15 is 0 Å². The summed E-state index contributed by atoms with van der Waals surface area (Å²) in [5, 5.41) is 0.746. The van der Waals surface area contributed by atoms with Crippen LogP contribution in [0, 0.1) is 0 Å². The van der Waals surface area contributed by atoms with Gasteiger partial charge in [-0.3, -0.25) is 0 Å². The topological polar surface area (TPSA) is 66.9 Å². The number of hydrogen-bond acceptors (Lipinski definition) is 6. The lowest BCUT2D eigenvalue weighted by Crippen LogP contribution is -2.07. The fraction of sp³-hybridized carbons (Fsp3) is 0.120. The molecule has 0 fully saturated rings. The minimum Gasteiger partial charge on any atom is -0.497 e. The lowest BCUT2D eigenvalue weighted by atomic mass is 10.0. The number of nitrogens with zero attached hydrogens (tertiary/aromatic N) is 1. The molecule has 0 saturated heterocycles. The van der Waals surface area contributed by atoms with E-state index in [1.54, 1.807) is 13.2 Å². The molecule has 31 heavy (non-hydrogen) atoms. The van der Waals surface area contributed by atoms with Crippen molar-refractivity contribution < 1.29 is 23.7 Å². The molecule has 154 valence electrons. The van der Waals surface area contributed by atoms with Gasteiger partial charge in [-0.15, -0.1) is 0 Å². The summed E-state index contributed by atoms with van der Waals surface area (Å²) in [6, 6.07) is 22.4. The van der Waals surface area contributed by atoms with E-state index in [4.69, 9.17) is 23.9 Å². The molecular formula is C25H19NO5. The molecule has 0 saturated carbocycles. The molecular weight excluding hydrogens is 394 g/mol. The highest BCUT2D eigenvalue weighted by atomic mass is 16.7. The van der Waals surface area contributed by atoms with Gasteiger partial charge in [0.1, 0.15) is 12.4 Å². The van der Waals surface area contributed by atoms with Gasteiger partial charge in [-0.05, 0) is 54.1 Å². The quantitative estimate of drug-likeness (QED) is 0.429. The Balaban J connectivity index is 1.45. The van der Waals surface area contributed by atoms with Gasteiger partial charge in [0.25, 0.3) is 0 Å². The van der Waals surface area contributed by atoms with Crippen molar-refractivity contribution in [2.45, 2.75) is 6.61 Å². The third-order valence-corrected chi connectivity index (χ3v) is 5.13. The molecule has 0 unspecified atom stereocenters. The van der Waals surface area contributed by atoms with Crippen molar-refractivity contribution in [1.29, 1.82) is 0 Å². The fourth-order valence-corrected chi connectivity index (χ4v) is 3.51. The maximum Gasteiger partial charge on any atom is 0.339 e. The van der Waals surface area contributed by atoms with Crippen LogP contribution in [0.2, 0.25) is 0 Å². The second-order valence-corrected chi connectivity index (χ2v) is 7.06. The maximum atomic E-state index is 13.0. The average Bonchev–Trinajstić information content (AvgIpc) is 3.30. The van der Waals surface area contributed by atoms with E-state index < -0.39 is 5.97 Å². The third-order valence-electron chi connectivity index (χ3n) is 5.13. The van der Waals surface area contributed by atoms with Crippen molar-refractivity contribution in [2.24, 2.45) is 0 Å². The van der Waals surface area contributed by atoms with Crippen LogP contribution in [0.1, 0.15) is 15.9 Å². The third kappa shape index (κ3) is 3.75. The van der Waals surface area contributed by atoms with Gasteiger partial charge < -0.3 is 18.9 Å². The molecule has 1 aliphatic heterocycles. The number of esters is 1. The number of rotatable bonds is 5. The zero-order valence-electron chi connectivity index (χ0n) is 16.8. The van der Waals surface area contributed by atoms with Gasteiger partial charge >= 0.3 is 5.97 Å². The fourth-order valence-electron chi connectivity index (χ4n) is 3.51. The first-order chi connectivity index (χ1) is 15.2. The van der Waals surface area contributed by atoms with Crippen LogP contribution in [0.15, 0.2) is 72.8 Å². The summed E-state index contributed by atoms with van der Waals surface area (Å²) in [5.41, 5.74) is 3.60. The van der Waals surface area contributed by atoms with Crippen molar-refractivity contribution in [3.63, 3.8) is 0 Å². The smallest absolute Gasteiger partial charge is 0.339 e. The van der Waals surface area contributed by atoms with Crippen molar-refractivity contribution in [3.05, 3.63) is 83.9 Å². The zero-order valence-corrected chi connectivity index (χ0v) is 16.8. The van der Waals surface area contributed by atoms with Gasteiger partial charge in [-0.2, -0.15) is 0 Å². The van der Waals surface area contributed by atoms with Crippen LogP contribution in [0.25, 0.3) is 22.2 Å². The van der Waals surface area contributed by atoms with Gasteiger partial charge in [0.05, 0.1) is 23.9 Å². The summed E-state index contributed by atoms with van der Waals surface area (Å²) in [6.45, 7) is 0.333. The summed E-state index contributed by atoms with van der Waals surface area (Å²) in [7, 11) is 1.62. The molecule has 0 aliphatic carbocycles. The van der Waals surface area contributed by atoms with Gasteiger partial charge in [0.2, 0.25) is 6.79 Å². The Bertz CT molecular complexity index is 1270. The second-order valence-electron chi connectivity index (χ2n) is 7.06. The largest absolute Gasteiger partial charge is 0.497 e. The summed E-state index contributed by atoms with van der Waals surface area (Å²) in [4.78, 5) is 17.7. The van der Waals surface area contributed by atoms with Gasteiger partial charge in [-0.1, -0.05) is 24.3 Å². The molecule has 0 N–H and O–H groups in total. The Hall–Kier alpha value is -4.06. The van der Waals surface area contributed by atoms with Crippen LogP contribution < -0.4 is 14.2 Å². The molecule has 0 spiro atoms. The van der Waals surface area contributed by atoms with Crippen molar-refractivity contribution in [1.82, 2.24) is 4.98 Å². The Morgan fingerprint density at radius 2 is 1.77 bits per heavy atom. The minimum atomic E-state index is -0.411. The molecule has 6 heteroatoms. The van der Waals surface area contributed by atoms with Crippen LogP contribution in [0.4, 0.5) is 0 Å². The van der Waals surface area contributed by atoms with Gasteiger partial charge in [-0.25, -0.2) is 9.78 Å². The van der Waals surface area contributed by atoms with E-state index in [2.05, 4.69) is 0 Å². The number of carbonyl (C=O) groups excluding carboxylic acids is 1. The van der Waals surface area contributed by atoms with Crippen molar-refractivity contribution in [3.8, 4) is 28.5 Å². The molecule has 0 atom stereocenters. The monoisotopic (exact) mass is 413 g/mol. The average molecular weight is 413 g/mol. The molecule has 0 bridgehead atoms. The molecule has 5 rings (SSSR count). The predicted molar refractivity (Wildman–Crippen MR) is 115 cm³/mol. The van der Waals surface area contributed by atoms with Crippen molar-refractivity contribution in [2.75, 3.05) is 13.9 Å². The number of aromatic nitrogens is 1. The highest BCUT2D eigenvalue weighted by Gasteiger charge is 2.17. The summed E-state index contributed by atoms with van der Waals surface area (Å²) in [5.74, 6) is 1.70. The Morgan fingerprint density at radius 1 is 0.968 bits per heavy atom. The minimum absolute atomic E-state index is 0.129. The second kappa shape index (κ2) is 7.99. The number of ether oxygens (including phenoxy) is 4. The first kappa shape index (κ1) is 18.9. The van der Waals surface area contributed by atoms with Crippen molar-refractivity contribution >= 4 is 16.9 Å². The molecule has 1 aromatic heterocycles. The number of hydrogen-bond donors (Lipinski definition) is 0. The predicted octanol–water partition coefficient (Wildman–Crippen LogP) is 5.00. The first-order valence-electron chi connectivity index (χ1n) is 9.81. The molecule has 4 aromatic rings. The van der Waals surface area contributed by atoms with E-state index in [1.165, 1.54) is 0 Å². The highest BCUT2D eigenvalue weighted by molar-refractivity contribution is 6.04. The summed E-state index contributed by atoms with van der Waals surface area (Å²) < 4.78 is 21.6. The molecule has 0 radical (unpaired) electrons. The van der Waals surface area contributed by atoms with Crippen LogP contribution in [0.5, 0.6) is 17.2 Å². The molecule has 1 aliphatic rings. The van der Waals surface area contributed by atoms with Crippen LogP contribution in [-0.4, -0.2) is 24.9 Å². The number of para-hydroxylation sites is 1. The molecule has 2 heterocycles. The molecule has 6 nitrogen and oxygen atoms in total. The number of benzene rings is 3. The normalized spacial score (nSPS) is 12.0. The Labute approximate surface area is 179 Å². The Morgan fingerprint density at radius 3 is 2.61 bits per heavy atom. The summed E-state index contributed by atoms with van der Waals surface area (Å²) in [6.07, 6.45) is 0. The van der Waals surface area contributed by atoms with Gasteiger partial charge in [0.15, 0.2) is 11.5 Å². The number of carbonyl (C=O) groups is 1. The standard InChI is InChI=1S/C25H19NO5/c1-28-18-9-7-17(8-10-18)22-13-20(19-4-2-3-5-21(19)26-22)25(27)29-14-16-6-11-23-24(12-16)31-15-30-23/h2-13H,14-15H2,1H3. The highest BCUT2D eigenvalue weighted by Crippen LogP contribution is 2.33. The number of fused-ring (bicyclic) bond motifs is 2. The van der Waals surface area contributed by atoms with E-state index in [9.17, 15) is 4.79 Å². The first-order valence-corrected chi connectivity index (χ1v) is 9.81. The van der Waals surface area contributed by atoms with Gasteiger partial charge in [0, 0.05) is 10.9 Å². The van der Waals surface area contributed by atoms with Crippen LogP contribution >= 0.6 is 0 Å². The van der Waals surface area contributed by atoms with Crippen LogP contribution in [-0.2, 0) is 11.3 Å². The maximum absolute atomic E-state index is 13.0. The lowest BCUT2D eigenvalue weighted by molar-refractivity contribution is 0.0474. The van der Waals surface area contributed by atoms with E-state index in [0.717, 1.165) is 27.8 Å². The summed E-state index contributed by atoms with van der Waals surface area (Å²) >= 11 is 0. The van der Waals surface area contributed by atoms with E-state index in [-0.39, 0.29) is 13.4 Å². The number of methoxy groups -OCH3 is 1. The van der Waals surface area contributed by atoms with E-state index in [0.29, 0.717) is 22.8 Å². The molecule has 3 aromatic carbocycles. The lowest BCUT2D eigenvalue weighted by Gasteiger charge is -2.11. The Kier molecular flexibility index (Phi) is 4.88. The molecule has 0 amide bonds. The zero-order chi connectivity index (χ0) is 21.2. The van der Waals surface area contributed by atoms with E-state index in [1.807, 2.05) is 66.7 Å². The van der Waals surface area contributed by atoms with Crippen LogP contribution in [0.3, 0.4) is 0 Å².